The zero-order chi connectivity index (χ0) is 14.5. The summed E-state index contributed by atoms with van der Waals surface area (Å²) < 4.78 is 7.45. The predicted octanol–water partition coefficient (Wildman–Crippen LogP) is 2.12. The van der Waals surface area contributed by atoms with Crippen molar-refractivity contribution in [1.82, 2.24) is 20.1 Å². The van der Waals surface area contributed by atoms with E-state index in [0.717, 1.165) is 30.0 Å². The molecule has 0 aromatic carbocycles. The molecule has 0 aliphatic carbocycles. The Morgan fingerprint density at radius 2 is 2.25 bits per heavy atom. The molecule has 0 amide bonds. The van der Waals surface area contributed by atoms with Crippen molar-refractivity contribution >= 4 is 0 Å². The van der Waals surface area contributed by atoms with Gasteiger partial charge in [-0.3, -0.25) is 9.67 Å². The minimum Gasteiger partial charge on any atom is -0.495 e. The lowest BCUT2D eigenvalue weighted by molar-refractivity contribution is 0.398. The average molecular weight is 274 g/mol. The van der Waals surface area contributed by atoms with Crippen LogP contribution in [0.25, 0.3) is 0 Å². The van der Waals surface area contributed by atoms with Gasteiger partial charge in [-0.25, -0.2) is 0 Å². The lowest BCUT2D eigenvalue weighted by Crippen LogP contribution is -2.21. The molecule has 5 nitrogen and oxygen atoms in total. The van der Waals surface area contributed by atoms with Crippen molar-refractivity contribution in [1.29, 1.82) is 0 Å². The molecule has 2 heterocycles. The van der Waals surface area contributed by atoms with Gasteiger partial charge in [0.15, 0.2) is 0 Å². The number of nitrogens with one attached hydrogen (secondary N) is 1. The van der Waals surface area contributed by atoms with Gasteiger partial charge in [0.25, 0.3) is 0 Å². The summed E-state index contributed by atoms with van der Waals surface area (Å²) in [5, 5.41) is 7.85. The van der Waals surface area contributed by atoms with Crippen molar-refractivity contribution in [3.05, 3.63) is 41.5 Å². The van der Waals surface area contributed by atoms with Crippen molar-refractivity contribution < 1.29 is 4.74 Å². The molecule has 2 aromatic heterocycles. The molecule has 0 radical (unpaired) electrons. The molecular formula is C15H22N4O. The lowest BCUT2D eigenvalue weighted by atomic mass is 10.0. The molecule has 20 heavy (non-hydrogen) atoms. The van der Waals surface area contributed by atoms with Crippen molar-refractivity contribution in [2.24, 2.45) is 0 Å². The molecule has 1 N–H and O–H groups in total. The van der Waals surface area contributed by atoms with E-state index >= 15 is 0 Å². The molecule has 1 unspecified atom stereocenters. The Hall–Kier alpha value is -1.88. The highest BCUT2D eigenvalue weighted by molar-refractivity contribution is 5.33. The first kappa shape index (κ1) is 14.5. The minimum absolute atomic E-state index is 0.175. The summed E-state index contributed by atoms with van der Waals surface area (Å²) in [6, 6.07) is 4.32. The molecule has 0 saturated carbocycles. The molecule has 0 saturated heterocycles. The van der Waals surface area contributed by atoms with Gasteiger partial charge in [-0.1, -0.05) is 0 Å². The Balaban J connectivity index is 2.28. The van der Waals surface area contributed by atoms with Gasteiger partial charge >= 0.3 is 0 Å². The maximum Gasteiger partial charge on any atom is 0.141 e. The van der Waals surface area contributed by atoms with E-state index in [1.165, 1.54) is 5.69 Å². The van der Waals surface area contributed by atoms with E-state index in [-0.39, 0.29) is 6.04 Å². The maximum atomic E-state index is 5.40. The van der Waals surface area contributed by atoms with E-state index in [0.29, 0.717) is 0 Å². The molecule has 0 aliphatic rings. The largest absolute Gasteiger partial charge is 0.495 e. The molecule has 0 fully saturated rings. The first-order valence-corrected chi connectivity index (χ1v) is 6.88. The number of ether oxygens (including phenoxy) is 1. The number of nitrogens with zero attached hydrogens (tertiary/aromatic N) is 3. The van der Waals surface area contributed by atoms with Crippen LogP contribution in [-0.4, -0.2) is 28.9 Å². The molecule has 0 bridgehead atoms. The first-order chi connectivity index (χ1) is 9.69. The minimum atomic E-state index is 0.175. The van der Waals surface area contributed by atoms with Crippen LogP contribution in [0.3, 0.4) is 0 Å². The molecule has 0 spiro atoms. The average Bonchev–Trinajstić information content (AvgIpc) is 2.84. The topological polar surface area (TPSA) is 52.0 Å². The van der Waals surface area contributed by atoms with E-state index < -0.39 is 0 Å². The maximum absolute atomic E-state index is 5.40. The fourth-order valence-electron chi connectivity index (χ4n) is 2.46. The van der Waals surface area contributed by atoms with E-state index in [4.69, 9.17) is 4.74 Å². The number of hydrogen-bond donors (Lipinski definition) is 1. The molecule has 0 aliphatic heterocycles. The van der Waals surface area contributed by atoms with Gasteiger partial charge in [0.2, 0.25) is 0 Å². The van der Waals surface area contributed by atoms with Crippen LogP contribution in [0.4, 0.5) is 0 Å². The van der Waals surface area contributed by atoms with Gasteiger partial charge in [0, 0.05) is 36.5 Å². The second kappa shape index (κ2) is 6.52. The van der Waals surface area contributed by atoms with Gasteiger partial charge in [-0.15, -0.1) is 0 Å². The molecule has 2 aromatic rings. The van der Waals surface area contributed by atoms with Gasteiger partial charge in [-0.05, 0) is 33.0 Å². The lowest BCUT2D eigenvalue weighted by Gasteiger charge is -2.19. The number of pyridine rings is 1. The number of likely N-dealkylation sites (N-methyl/N-ethyl adjacent to an activating group) is 1. The van der Waals surface area contributed by atoms with Crippen LogP contribution in [0.2, 0.25) is 0 Å². The van der Waals surface area contributed by atoms with Crippen molar-refractivity contribution in [3.63, 3.8) is 0 Å². The Bertz CT molecular complexity index is 565. The second-order valence-corrected chi connectivity index (χ2v) is 4.76. The fourth-order valence-corrected chi connectivity index (χ4v) is 2.46. The smallest absolute Gasteiger partial charge is 0.141 e. The summed E-state index contributed by atoms with van der Waals surface area (Å²) in [5.74, 6) is 0.811. The van der Waals surface area contributed by atoms with Crippen molar-refractivity contribution in [2.75, 3.05) is 14.2 Å². The molecule has 5 heteroatoms. The van der Waals surface area contributed by atoms with Gasteiger partial charge < -0.3 is 10.1 Å². The zero-order valence-corrected chi connectivity index (χ0v) is 12.6. The summed E-state index contributed by atoms with van der Waals surface area (Å²) in [5.41, 5.74) is 3.40. The Kier molecular flexibility index (Phi) is 4.74. The highest BCUT2D eigenvalue weighted by Crippen LogP contribution is 2.26. The van der Waals surface area contributed by atoms with Crippen LogP contribution in [0, 0.1) is 6.92 Å². The highest BCUT2D eigenvalue weighted by Gasteiger charge is 2.17. The number of aryl methyl sites for hydroxylation is 2. The zero-order valence-electron chi connectivity index (χ0n) is 12.6. The summed E-state index contributed by atoms with van der Waals surface area (Å²) >= 11 is 0. The van der Waals surface area contributed by atoms with E-state index in [9.17, 15) is 0 Å². The molecule has 2 rings (SSSR count). The summed E-state index contributed by atoms with van der Waals surface area (Å²) in [7, 11) is 3.64. The second-order valence-electron chi connectivity index (χ2n) is 4.76. The summed E-state index contributed by atoms with van der Waals surface area (Å²) in [6.07, 6.45) is 4.41. The quantitative estimate of drug-likeness (QED) is 0.876. The number of rotatable bonds is 6. The van der Waals surface area contributed by atoms with Crippen molar-refractivity contribution in [3.8, 4) is 5.75 Å². The Morgan fingerprint density at radius 1 is 1.45 bits per heavy atom. The van der Waals surface area contributed by atoms with E-state index in [1.54, 1.807) is 19.5 Å². The number of aromatic nitrogens is 3. The Labute approximate surface area is 120 Å². The predicted molar refractivity (Wildman–Crippen MR) is 78.9 cm³/mol. The highest BCUT2D eigenvalue weighted by atomic mass is 16.5. The summed E-state index contributed by atoms with van der Waals surface area (Å²) in [4.78, 5) is 4.11. The monoisotopic (exact) mass is 274 g/mol. The fraction of sp³-hybridized carbons (Fsp3) is 0.467. The molecule has 1 atom stereocenters. The molecule has 108 valence electrons. The van der Waals surface area contributed by atoms with Crippen LogP contribution in [0.5, 0.6) is 5.75 Å². The molecular weight excluding hydrogens is 252 g/mol. The van der Waals surface area contributed by atoms with Gasteiger partial charge in [0.05, 0.1) is 19.0 Å². The number of methoxy groups -OCH3 is 1. The third-order valence-corrected chi connectivity index (χ3v) is 3.46. The van der Waals surface area contributed by atoms with Crippen LogP contribution in [0.15, 0.2) is 24.5 Å². The van der Waals surface area contributed by atoms with Crippen LogP contribution in [0.1, 0.15) is 29.9 Å². The SMILES string of the molecule is CCn1nc(C)cc1CC(NC)c1ccncc1OC. The van der Waals surface area contributed by atoms with Crippen molar-refractivity contribution in [2.45, 2.75) is 32.9 Å². The number of hydrogen-bond acceptors (Lipinski definition) is 4. The summed E-state index contributed by atoms with van der Waals surface area (Å²) in [6.45, 7) is 5.02. The normalized spacial score (nSPS) is 12.4. The van der Waals surface area contributed by atoms with Crippen LogP contribution >= 0.6 is 0 Å². The van der Waals surface area contributed by atoms with E-state index in [2.05, 4.69) is 28.4 Å². The standard InChI is InChI=1S/C15H22N4O/c1-5-19-12(8-11(2)18-19)9-14(16-3)13-6-7-17-10-15(13)20-4/h6-8,10,14,16H,5,9H2,1-4H3. The van der Waals surface area contributed by atoms with Crippen LogP contribution < -0.4 is 10.1 Å². The first-order valence-electron chi connectivity index (χ1n) is 6.88. The third kappa shape index (κ3) is 2.99. The van der Waals surface area contributed by atoms with E-state index in [1.807, 2.05) is 24.7 Å². The van der Waals surface area contributed by atoms with Gasteiger partial charge in [0.1, 0.15) is 5.75 Å². The Morgan fingerprint density at radius 3 is 2.90 bits per heavy atom. The van der Waals surface area contributed by atoms with Crippen LogP contribution in [-0.2, 0) is 13.0 Å². The third-order valence-electron chi connectivity index (χ3n) is 3.46. The van der Waals surface area contributed by atoms with Gasteiger partial charge in [-0.2, -0.15) is 5.10 Å².